The van der Waals surface area contributed by atoms with E-state index in [1.54, 1.807) is 13.8 Å². The van der Waals surface area contributed by atoms with Gasteiger partial charge in [-0.2, -0.15) is 26.3 Å². The monoisotopic (exact) mass is 550 g/mol. The predicted octanol–water partition coefficient (Wildman–Crippen LogP) is 3.36. The van der Waals surface area contributed by atoms with Crippen molar-refractivity contribution in [2.24, 2.45) is 0 Å². The first-order valence-corrected chi connectivity index (χ1v) is 11.0. The van der Waals surface area contributed by atoms with Crippen molar-refractivity contribution in [2.45, 2.75) is 50.7 Å². The van der Waals surface area contributed by atoms with E-state index in [1.165, 1.54) is 23.9 Å². The fourth-order valence-corrected chi connectivity index (χ4v) is 3.67. The van der Waals surface area contributed by atoms with Gasteiger partial charge in [-0.15, -0.1) is 0 Å². The molecule has 0 unspecified atom stereocenters. The maximum Gasteiger partial charge on any atom is 0.416 e. The second-order valence-electron chi connectivity index (χ2n) is 8.64. The van der Waals surface area contributed by atoms with Gasteiger partial charge in [0.25, 0.3) is 0 Å². The molecule has 10 nitrogen and oxygen atoms in total. The van der Waals surface area contributed by atoms with E-state index in [0.29, 0.717) is 0 Å². The van der Waals surface area contributed by atoms with Crippen LogP contribution in [0.15, 0.2) is 36.7 Å². The molecule has 0 aromatic carbocycles. The quantitative estimate of drug-likeness (QED) is 0.555. The lowest BCUT2D eigenvalue weighted by atomic mass is 10.2. The summed E-state index contributed by atoms with van der Waals surface area (Å²) in [5.41, 5.74) is -1.83. The van der Waals surface area contributed by atoms with Crippen molar-refractivity contribution in [3.63, 3.8) is 0 Å². The maximum atomic E-state index is 12.6. The summed E-state index contributed by atoms with van der Waals surface area (Å²) in [6.07, 6.45) is -9.59. The number of alkyl halides is 6. The van der Waals surface area contributed by atoms with Crippen LogP contribution in [0.5, 0.6) is 0 Å². The van der Waals surface area contributed by atoms with Gasteiger partial charge in [0.05, 0.1) is 23.2 Å². The Labute approximate surface area is 212 Å². The molecule has 2 aromatic heterocycles. The third-order valence-corrected chi connectivity index (χ3v) is 6.27. The second-order valence-corrected chi connectivity index (χ2v) is 8.64. The summed E-state index contributed by atoms with van der Waals surface area (Å²) < 4.78 is 75.6. The Balaban J connectivity index is 0.000000211. The Hall–Kier alpha value is -3.66. The molecule has 4 rings (SSSR count). The minimum absolute atomic E-state index is 0.219. The van der Waals surface area contributed by atoms with Gasteiger partial charge in [-0.3, -0.25) is 0 Å². The van der Waals surface area contributed by atoms with Gasteiger partial charge in [0.2, 0.25) is 0 Å². The first-order valence-electron chi connectivity index (χ1n) is 11.0. The number of hydrogen-bond donors (Lipinski definition) is 2. The summed E-state index contributed by atoms with van der Waals surface area (Å²) in [4.78, 5) is 35.3. The zero-order valence-electron chi connectivity index (χ0n) is 20.4. The lowest BCUT2D eigenvalue weighted by Crippen LogP contribution is -2.36. The van der Waals surface area contributed by atoms with Gasteiger partial charge in [0.1, 0.15) is 11.6 Å². The average Bonchev–Trinajstić information content (AvgIpc) is 3.16. The molecule has 0 radical (unpaired) electrons. The summed E-state index contributed by atoms with van der Waals surface area (Å²) in [6, 6.07) is 0.874. The number of aliphatic hydroxyl groups excluding tert-OH is 2. The number of likely N-dealkylation sites (N-methyl/N-ethyl adjacent to an activating group) is 2. The number of pyridine rings is 2. The third kappa shape index (κ3) is 5.45. The standard InChI is InChI=1S/2C11H12F3N3O2/c2*1-6-9(18)17(10(19)16(6)2)8-5-7(3-4-15-8)11(12,13)14/h2*3-6,9,18H,1-2H3/t6-,9+;6-,9-/m11/s1. The highest BCUT2D eigenvalue weighted by atomic mass is 19.4. The number of urea groups is 2. The number of aromatic nitrogens is 2. The smallest absolute Gasteiger partial charge is 0.371 e. The molecule has 2 fully saturated rings. The van der Waals surface area contributed by atoms with E-state index >= 15 is 0 Å². The number of anilines is 2. The molecule has 2 aliphatic heterocycles. The molecule has 0 spiro atoms. The highest BCUT2D eigenvalue weighted by Gasteiger charge is 2.44. The van der Waals surface area contributed by atoms with Crippen LogP contribution in [0.4, 0.5) is 47.6 Å². The Morgan fingerprint density at radius 1 is 0.711 bits per heavy atom. The van der Waals surface area contributed by atoms with E-state index < -0.39 is 60.1 Å². The van der Waals surface area contributed by atoms with Gasteiger partial charge in [0, 0.05) is 26.5 Å². The van der Waals surface area contributed by atoms with Gasteiger partial charge in [-0.05, 0) is 38.1 Å². The minimum atomic E-state index is -4.52. The highest BCUT2D eigenvalue weighted by Crippen LogP contribution is 2.34. The van der Waals surface area contributed by atoms with Crippen molar-refractivity contribution in [1.29, 1.82) is 0 Å². The Bertz CT molecular complexity index is 1100. The van der Waals surface area contributed by atoms with Crippen LogP contribution in [-0.4, -0.2) is 80.7 Å². The van der Waals surface area contributed by atoms with Crippen molar-refractivity contribution < 1.29 is 46.1 Å². The third-order valence-electron chi connectivity index (χ3n) is 6.27. The first kappa shape index (κ1) is 28.9. The SMILES string of the molecule is C[C@@H]1[C@@H](O)N(c2cc(C(F)(F)F)ccn2)C(=O)N1C.C[C@@H]1[C@H](O)N(c2cc(C(F)(F)F)ccn2)C(=O)N1C. The minimum Gasteiger partial charge on any atom is -0.371 e. The van der Waals surface area contributed by atoms with Crippen molar-refractivity contribution in [2.75, 3.05) is 23.9 Å². The molecule has 208 valence electrons. The van der Waals surface area contributed by atoms with Crippen LogP contribution in [0, 0.1) is 0 Å². The maximum absolute atomic E-state index is 12.6. The summed E-state index contributed by atoms with van der Waals surface area (Å²) in [7, 11) is 2.92. The van der Waals surface area contributed by atoms with E-state index in [9.17, 15) is 46.1 Å². The number of halogens is 6. The van der Waals surface area contributed by atoms with Crippen molar-refractivity contribution in [3.8, 4) is 0 Å². The number of carbonyl (C=O) groups is 2. The van der Waals surface area contributed by atoms with Crippen LogP contribution < -0.4 is 9.80 Å². The lowest BCUT2D eigenvalue weighted by molar-refractivity contribution is -0.138. The molecule has 16 heteroatoms. The number of aliphatic hydroxyl groups is 2. The average molecular weight is 550 g/mol. The van der Waals surface area contributed by atoms with E-state index in [0.717, 1.165) is 46.5 Å². The number of hydrogen-bond acceptors (Lipinski definition) is 6. The molecule has 0 bridgehead atoms. The van der Waals surface area contributed by atoms with E-state index in [1.807, 2.05) is 0 Å². The van der Waals surface area contributed by atoms with Crippen molar-refractivity contribution in [3.05, 3.63) is 47.8 Å². The van der Waals surface area contributed by atoms with Gasteiger partial charge in [-0.1, -0.05) is 0 Å². The Kier molecular flexibility index (Phi) is 7.79. The lowest BCUT2D eigenvalue weighted by Gasteiger charge is -2.19. The van der Waals surface area contributed by atoms with E-state index in [-0.39, 0.29) is 11.6 Å². The number of nitrogens with zero attached hydrogens (tertiary/aromatic N) is 6. The Morgan fingerprint density at radius 2 is 1.03 bits per heavy atom. The molecule has 4 amide bonds. The largest absolute Gasteiger partial charge is 0.416 e. The molecular formula is C22H24F6N6O4. The van der Waals surface area contributed by atoms with E-state index in [2.05, 4.69) is 9.97 Å². The normalized spacial score (nSPS) is 24.2. The van der Waals surface area contributed by atoms with Gasteiger partial charge < -0.3 is 20.0 Å². The van der Waals surface area contributed by atoms with Crippen LogP contribution in [0.2, 0.25) is 0 Å². The molecule has 2 N–H and O–H groups in total. The summed E-state index contributed by atoms with van der Waals surface area (Å²) in [6.45, 7) is 3.19. The second kappa shape index (κ2) is 10.2. The molecular weight excluding hydrogens is 526 g/mol. The highest BCUT2D eigenvalue weighted by molar-refractivity contribution is 5.94. The first-order chi connectivity index (χ1) is 17.5. The Morgan fingerprint density at radius 3 is 1.26 bits per heavy atom. The topological polar surface area (TPSA) is 113 Å². The number of amides is 4. The van der Waals surface area contributed by atoms with Crippen LogP contribution in [0.25, 0.3) is 0 Å². The van der Waals surface area contributed by atoms with Crippen LogP contribution >= 0.6 is 0 Å². The molecule has 2 aromatic rings. The molecule has 4 heterocycles. The zero-order valence-corrected chi connectivity index (χ0v) is 20.4. The van der Waals surface area contributed by atoms with Gasteiger partial charge in [0.15, 0.2) is 12.5 Å². The summed E-state index contributed by atoms with van der Waals surface area (Å²) >= 11 is 0. The fourth-order valence-electron chi connectivity index (χ4n) is 3.67. The fraction of sp³-hybridized carbons (Fsp3) is 0.455. The van der Waals surface area contributed by atoms with E-state index in [4.69, 9.17) is 0 Å². The molecule has 2 aliphatic rings. The van der Waals surface area contributed by atoms with Crippen LogP contribution in [0.1, 0.15) is 25.0 Å². The van der Waals surface area contributed by atoms with Crippen molar-refractivity contribution >= 4 is 23.7 Å². The van der Waals surface area contributed by atoms with Crippen LogP contribution in [0.3, 0.4) is 0 Å². The molecule has 38 heavy (non-hydrogen) atoms. The summed E-state index contributed by atoms with van der Waals surface area (Å²) in [5.74, 6) is -0.438. The van der Waals surface area contributed by atoms with Gasteiger partial charge in [-0.25, -0.2) is 29.4 Å². The predicted molar refractivity (Wildman–Crippen MR) is 121 cm³/mol. The zero-order chi connectivity index (χ0) is 28.7. The van der Waals surface area contributed by atoms with Crippen molar-refractivity contribution in [1.82, 2.24) is 19.8 Å². The molecule has 4 atom stereocenters. The molecule has 0 aliphatic carbocycles. The molecule has 2 saturated heterocycles. The summed E-state index contributed by atoms with van der Waals surface area (Å²) in [5, 5.41) is 19.8. The molecule has 0 saturated carbocycles. The number of rotatable bonds is 2. The van der Waals surface area contributed by atoms with Crippen LogP contribution in [-0.2, 0) is 12.4 Å². The number of carbonyl (C=O) groups excluding carboxylic acids is 2. The van der Waals surface area contributed by atoms with Gasteiger partial charge >= 0.3 is 24.4 Å².